The highest BCUT2D eigenvalue weighted by Crippen LogP contribution is 2.23. The second-order valence-corrected chi connectivity index (χ2v) is 5.07. The van der Waals surface area contributed by atoms with Crippen molar-refractivity contribution in [3.05, 3.63) is 58.4 Å². The fourth-order valence-electron chi connectivity index (χ4n) is 1.80. The number of nitrogens with one attached hydrogen (secondary N) is 1. The zero-order valence-electron chi connectivity index (χ0n) is 11.8. The van der Waals surface area contributed by atoms with Crippen LogP contribution in [0.4, 0.5) is 0 Å². The third-order valence-corrected chi connectivity index (χ3v) is 3.23. The highest BCUT2D eigenvalue weighted by Gasteiger charge is 2.02. The fraction of sp³-hybridized carbons (Fsp3) is 0.312. The molecule has 0 fully saturated rings. The summed E-state index contributed by atoms with van der Waals surface area (Å²) in [6, 6.07) is 9.70. The molecular weight excluding hydrogens is 272 g/mol. The van der Waals surface area contributed by atoms with Crippen LogP contribution in [0.25, 0.3) is 0 Å². The molecule has 0 amide bonds. The molecule has 0 aliphatic rings. The molecule has 106 valence electrons. The first kappa shape index (κ1) is 14.8. The maximum atomic E-state index is 5.97. The summed E-state index contributed by atoms with van der Waals surface area (Å²) in [5.41, 5.74) is 3.15. The van der Waals surface area contributed by atoms with Gasteiger partial charge in [0.25, 0.3) is 0 Å². The van der Waals surface area contributed by atoms with E-state index in [1.165, 1.54) is 5.56 Å². The van der Waals surface area contributed by atoms with Crippen molar-refractivity contribution >= 4 is 11.6 Å². The summed E-state index contributed by atoms with van der Waals surface area (Å²) in [5, 5.41) is 3.95. The summed E-state index contributed by atoms with van der Waals surface area (Å²) in [4.78, 5) is 4.40. The Morgan fingerprint density at radius 1 is 1.25 bits per heavy atom. The lowest BCUT2D eigenvalue weighted by atomic mass is 10.2. The molecule has 2 rings (SSSR count). The number of halogens is 1. The van der Waals surface area contributed by atoms with Crippen LogP contribution in [-0.4, -0.2) is 11.5 Å². The molecule has 0 saturated carbocycles. The third kappa shape index (κ3) is 4.22. The van der Waals surface area contributed by atoms with Crippen LogP contribution in [0.1, 0.15) is 23.7 Å². The van der Waals surface area contributed by atoms with E-state index in [1.54, 1.807) is 0 Å². The highest BCUT2D eigenvalue weighted by atomic mass is 35.5. The zero-order chi connectivity index (χ0) is 14.4. The summed E-state index contributed by atoms with van der Waals surface area (Å²) >= 11 is 5.97. The summed E-state index contributed by atoms with van der Waals surface area (Å²) in [5.74, 6) is 0.802. The second kappa shape index (κ2) is 7.27. The molecular formula is C16H19ClN2O. The van der Waals surface area contributed by atoms with Gasteiger partial charge in [0.05, 0.1) is 5.69 Å². The zero-order valence-corrected chi connectivity index (χ0v) is 12.6. The molecule has 3 nitrogen and oxygen atoms in total. The molecule has 0 aliphatic heterocycles. The number of benzene rings is 1. The number of ether oxygens (including phenoxy) is 1. The first-order chi connectivity index (χ1) is 9.69. The molecule has 0 aliphatic carbocycles. The van der Waals surface area contributed by atoms with Gasteiger partial charge < -0.3 is 10.1 Å². The fourth-order valence-corrected chi connectivity index (χ4v) is 1.96. The van der Waals surface area contributed by atoms with Crippen LogP contribution in [0.15, 0.2) is 36.5 Å². The standard InChI is InChI=1S/C16H19ClN2O/c1-3-18-9-13-5-7-15(19-10-13)11-20-16-8-14(17)6-4-12(16)2/h4-8,10,18H,3,9,11H2,1-2H3. The Bertz CT molecular complexity index is 555. The van der Waals surface area contributed by atoms with Gasteiger partial charge in [-0.15, -0.1) is 0 Å². The van der Waals surface area contributed by atoms with Crippen molar-refractivity contribution in [2.24, 2.45) is 0 Å². The van der Waals surface area contributed by atoms with Gasteiger partial charge in [-0.05, 0) is 42.8 Å². The van der Waals surface area contributed by atoms with Crippen molar-refractivity contribution in [3.63, 3.8) is 0 Å². The summed E-state index contributed by atoms with van der Waals surface area (Å²) < 4.78 is 5.76. The molecule has 20 heavy (non-hydrogen) atoms. The number of aryl methyl sites for hydroxylation is 1. The van der Waals surface area contributed by atoms with Gasteiger partial charge in [-0.25, -0.2) is 0 Å². The molecule has 1 aromatic carbocycles. The van der Waals surface area contributed by atoms with E-state index in [2.05, 4.69) is 23.3 Å². The molecule has 0 bridgehead atoms. The number of nitrogens with zero attached hydrogens (tertiary/aromatic N) is 1. The van der Waals surface area contributed by atoms with Gasteiger partial charge in [-0.1, -0.05) is 30.7 Å². The van der Waals surface area contributed by atoms with Crippen molar-refractivity contribution < 1.29 is 4.74 Å². The molecule has 0 radical (unpaired) electrons. The Kier molecular flexibility index (Phi) is 5.39. The van der Waals surface area contributed by atoms with Crippen molar-refractivity contribution in [2.75, 3.05) is 6.54 Å². The number of hydrogen-bond acceptors (Lipinski definition) is 3. The Morgan fingerprint density at radius 3 is 2.80 bits per heavy atom. The highest BCUT2D eigenvalue weighted by molar-refractivity contribution is 6.30. The first-order valence-corrected chi connectivity index (χ1v) is 7.10. The van der Waals surface area contributed by atoms with E-state index in [1.807, 2.05) is 37.4 Å². The predicted molar refractivity (Wildman–Crippen MR) is 82.1 cm³/mol. The molecule has 0 unspecified atom stereocenters. The van der Waals surface area contributed by atoms with Gasteiger partial charge in [-0.2, -0.15) is 0 Å². The smallest absolute Gasteiger partial charge is 0.130 e. The molecule has 0 spiro atoms. The van der Waals surface area contributed by atoms with E-state index in [9.17, 15) is 0 Å². The van der Waals surface area contributed by atoms with Gasteiger partial charge in [0.1, 0.15) is 12.4 Å². The van der Waals surface area contributed by atoms with Crippen LogP contribution >= 0.6 is 11.6 Å². The van der Waals surface area contributed by atoms with Crippen LogP contribution in [-0.2, 0) is 13.2 Å². The van der Waals surface area contributed by atoms with Gasteiger partial charge in [0.15, 0.2) is 0 Å². The van der Waals surface area contributed by atoms with E-state index in [0.717, 1.165) is 30.1 Å². The normalized spacial score (nSPS) is 10.6. The molecule has 1 N–H and O–H groups in total. The van der Waals surface area contributed by atoms with Crippen molar-refractivity contribution in [3.8, 4) is 5.75 Å². The van der Waals surface area contributed by atoms with E-state index < -0.39 is 0 Å². The Balaban J connectivity index is 1.95. The number of pyridine rings is 1. The summed E-state index contributed by atoms with van der Waals surface area (Å²) in [7, 11) is 0. The molecule has 4 heteroatoms. The van der Waals surface area contributed by atoms with E-state index in [0.29, 0.717) is 11.6 Å². The minimum atomic E-state index is 0.447. The van der Waals surface area contributed by atoms with Crippen LogP contribution in [0.5, 0.6) is 5.75 Å². The van der Waals surface area contributed by atoms with Gasteiger partial charge in [-0.3, -0.25) is 4.98 Å². The Labute approximate surface area is 124 Å². The monoisotopic (exact) mass is 290 g/mol. The number of aromatic nitrogens is 1. The van der Waals surface area contributed by atoms with E-state index in [-0.39, 0.29) is 0 Å². The minimum absolute atomic E-state index is 0.447. The van der Waals surface area contributed by atoms with Gasteiger partial charge in [0.2, 0.25) is 0 Å². The van der Waals surface area contributed by atoms with Gasteiger partial charge >= 0.3 is 0 Å². The van der Waals surface area contributed by atoms with Crippen LogP contribution < -0.4 is 10.1 Å². The van der Waals surface area contributed by atoms with Crippen molar-refractivity contribution in [2.45, 2.75) is 27.0 Å². The van der Waals surface area contributed by atoms with Crippen LogP contribution in [0.3, 0.4) is 0 Å². The van der Waals surface area contributed by atoms with Crippen molar-refractivity contribution in [1.82, 2.24) is 10.3 Å². The molecule has 1 heterocycles. The van der Waals surface area contributed by atoms with Crippen LogP contribution in [0, 0.1) is 6.92 Å². The minimum Gasteiger partial charge on any atom is -0.487 e. The maximum absolute atomic E-state index is 5.97. The first-order valence-electron chi connectivity index (χ1n) is 6.72. The van der Waals surface area contributed by atoms with Gasteiger partial charge in [0, 0.05) is 17.8 Å². The lowest BCUT2D eigenvalue weighted by molar-refractivity contribution is 0.299. The third-order valence-electron chi connectivity index (χ3n) is 2.99. The Hall–Kier alpha value is -1.58. The average Bonchev–Trinajstić information content (AvgIpc) is 2.47. The van der Waals surface area contributed by atoms with Crippen molar-refractivity contribution in [1.29, 1.82) is 0 Å². The maximum Gasteiger partial charge on any atom is 0.130 e. The van der Waals surface area contributed by atoms with E-state index in [4.69, 9.17) is 16.3 Å². The molecule has 0 saturated heterocycles. The average molecular weight is 291 g/mol. The SMILES string of the molecule is CCNCc1ccc(COc2cc(Cl)ccc2C)nc1. The quantitative estimate of drug-likeness (QED) is 0.880. The number of rotatable bonds is 6. The number of hydrogen-bond donors (Lipinski definition) is 1. The largest absolute Gasteiger partial charge is 0.487 e. The lowest BCUT2D eigenvalue weighted by Gasteiger charge is -2.09. The predicted octanol–water partition coefficient (Wildman–Crippen LogP) is 3.73. The molecule has 2 aromatic rings. The summed E-state index contributed by atoms with van der Waals surface area (Å²) in [6.45, 7) is 6.33. The molecule has 0 atom stereocenters. The van der Waals surface area contributed by atoms with E-state index >= 15 is 0 Å². The molecule has 1 aromatic heterocycles. The van der Waals surface area contributed by atoms with Crippen LogP contribution in [0.2, 0.25) is 5.02 Å². The Morgan fingerprint density at radius 2 is 2.10 bits per heavy atom. The second-order valence-electron chi connectivity index (χ2n) is 4.64. The lowest BCUT2D eigenvalue weighted by Crippen LogP contribution is -2.12. The topological polar surface area (TPSA) is 34.1 Å². The summed E-state index contributed by atoms with van der Waals surface area (Å²) in [6.07, 6.45) is 1.88.